The van der Waals surface area contributed by atoms with Crippen LogP contribution < -0.4 is 0 Å². The SMILES string of the molecule is Cc1ccc(CCN=[N+]=[N-])c(Cl)n1. The van der Waals surface area contributed by atoms with Gasteiger partial charge in [-0.3, -0.25) is 0 Å². The van der Waals surface area contributed by atoms with E-state index >= 15 is 0 Å². The molecule has 0 spiro atoms. The lowest BCUT2D eigenvalue weighted by atomic mass is 10.2. The average molecular weight is 197 g/mol. The highest BCUT2D eigenvalue weighted by Crippen LogP contribution is 2.13. The fourth-order valence-electron chi connectivity index (χ4n) is 0.956. The molecule has 0 amide bonds. The number of aryl methyl sites for hydroxylation is 1. The minimum absolute atomic E-state index is 0.418. The summed E-state index contributed by atoms with van der Waals surface area (Å²) in [6, 6.07) is 3.79. The van der Waals surface area contributed by atoms with Crippen molar-refractivity contribution in [1.29, 1.82) is 0 Å². The zero-order chi connectivity index (χ0) is 9.68. The van der Waals surface area contributed by atoms with E-state index in [1.807, 2.05) is 19.1 Å². The highest BCUT2D eigenvalue weighted by atomic mass is 35.5. The van der Waals surface area contributed by atoms with Gasteiger partial charge in [0.25, 0.3) is 0 Å². The monoisotopic (exact) mass is 196 g/mol. The van der Waals surface area contributed by atoms with Crippen molar-refractivity contribution in [1.82, 2.24) is 4.98 Å². The molecule has 0 bridgehead atoms. The Morgan fingerprint density at radius 2 is 2.38 bits per heavy atom. The lowest BCUT2D eigenvalue weighted by Gasteiger charge is -2.01. The molecule has 0 aliphatic carbocycles. The summed E-state index contributed by atoms with van der Waals surface area (Å²) in [4.78, 5) is 6.74. The second kappa shape index (κ2) is 4.70. The molecule has 0 saturated heterocycles. The third-order valence-electron chi connectivity index (χ3n) is 1.61. The molecule has 0 saturated carbocycles. The topological polar surface area (TPSA) is 61.7 Å². The molecule has 0 aromatic carbocycles. The minimum Gasteiger partial charge on any atom is -0.241 e. The second-order valence-electron chi connectivity index (χ2n) is 2.61. The molecule has 68 valence electrons. The number of halogens is 1. The van der Waals surface area contributed by atoms with Crippen LogP contribution in [0.3, 0.4) is 0 Å². The molecule has 0 fully saturated rings. The molecule has 1 aromatic rings. The van der Waals surface area contributed by atoms with Crippen LogP contribution >= 0.6 is 11.6 Å². The predicted molar refractivity (Wildman–Crippen MR) is 51.7 cm³/mol. The summed E-state index contributed by atoms with van der Waals surface area (Å²) in [6.45, 7) is 2.30. The third kappa shape index (κ3) is 2.93. The van der Waals surface area contributed by atoms with E-state index in [1.165, 1.54) is 0 Å². The Balaban J connectivity index is 2.71. The highest BCUT2D eigenvalue weighted by molar-refractivity contribution is 6.30. The number of azide groups is 1. The molecule has 1 rings (SSSR count). The van der Waals surface area contributed by atoms with E-state index in [0.29, 0.717) is 18.1 Å². The minimum atomic E-state index is 0.418. The normalized spacial score (nSPS) is 9.38. The first-order valence-corrected chi connectivity index (χ1v) is 4.24. The van der Waals surface area contributed by atoms with Crippen molar-refractivity contribution in [3.63, 3.8) is 0 Å². The smallest absolute Gasteiger partial charge is 0.132 e. The number of pyridine rings is 1. The van der Waals surface area contributed by atoms with E-state index < -0.39 is 0 Å². The quantitative estimate of drug-likeness (QED) is 0.317. The summed E-state index contributed by atoms with van der Waals surface area (Å²) in [5, 5.41) is 3.92. The lowest BCUT2D eigenvalue weighted by Crippen LogP contribution is -1.93. The first-order chi connectivity index (χ1) is 6.24. The maximum atomic E-state index is 8.07. The van der Waals surface area contributed by atoms with Gasteiger partial charge in [0.15, 0.2) is 0 Å². The van der Waals surface area contributed by atoms with Crippen molar-refractivity contribution < 1.29 is 0 Å². The van der Waals surface area contributed by atoms with Crippen molar-refractivity contribution >= 4 is 11.6 Å². The van der Waals surface area contributed by atoms with Crippen LogP contribution in [0.4, 0.5) is 0 Å². The molecule has 0 aliphatic rings. The van der Waals surface area contributed by atoms with Gasteiger partial charge >= 0.3 is 0 Å². The zero-order valence-corrected chi connectivity index (χ0v) is 7.99. The first-order valence-electron chi connectivity index (χ1n) is 3.87. The largest absolute Gasteiger partial charge is 0.241 e. The maximum Gasteiger partial charge on any atom is 0.132 e. The van der Waals surface area contributed by atoms with Gasteiger partial charge in [0, 0.05) is 17.2 Å². The van der Waals surface area contributed by atoms with Crippen LogP contribution in [0.15, 0.2) is 17.2 Å². The average Bonchev–Trinajstić information content (AvgIpc) is 2.09. The van der Waals surface area contributed by atoms with Crippen LogP contribution in [0.25, 0.3) is 10.4 Å². The molecule has 0 atom stereocenters. The summed E-state index contributed by atoms with van der Waals surface area (Å²) in [5.41, 5.74) is 9.87. The van der Waals surface area contributed by atoms with Crippen LogP contribution in [-0.2, 0) is 6.42 Å². The Morgan fingerprint density at radius 1 is 1.62 bits per heavy atom. The van der Waals surface area contributed by atoms with Gasteiger partial charge in [-0.05, 0) is 30.5 Å². The molecule has 0 aliphatic heterocycles. The third-order valence-corrected chi connectivity index (χ3v) is 1.94. The molecule has 1 aromatic heterocycles. The van der Waals surface area contributed by atoms with Crippen molar-refractivity contribution in [3.05, 3.63) is 39.0 Å². The Hall–Kier alpha value is -1.25. The predicted octanol–water partition coefficient (Wildman–Crippen LogP) is 2.90. The van der Waals surface area contributed by atoms with Crippen LogP contribution in [0.1, 0.15) is 11.3 Å². The number of hydrogen-bond acceptors (Lipinski definition) is 2. The van der Waals surface area contributed by atoms with E-state index in [2.05, 4.69) is 15.0 Å². The van der Waals surface area contributed by atoms with Gasteiger partial charge in [-0.25, -0.2) is 4.98 Å². The van der Waals surface area contributed by atoms with Gasteiger partial charge in [-0.1, -0.05) is 22.8 Å². The van der Waals surface area contributed by atoms with E-state index in [1.54, 1.807) is 0 Å². The van der Waals surface area contributed by atoms with Crippen molar-refractivity contribution in [2.24, 2.45) is 5.11 Å². The Morgan fingerprint density at radius 3 is 3.00 bits per heavy atom. The Kier molecular flexibility index (Phi) is 3.55. The van der Waals surface area contributed by atoms with Crippen LogP contribution in [-0.4, -0.2) is 11.5 Å². The van der Waals surface area contributed by atoms with E-state index in [4.69, 9.17) is 17.1 Å². The first kappa shape index (κ1) is 9.84. The van der Waals surface area contributed by atoms with Gasteiger partial charge < -0.3 is 0 Å². The zero-order valence-electron chi connectivity index (χ0n) is 7.24. The Labute approximate surface area is 81.2 Å². The van der Waals surface area contributed by atoms with E-state index in [-0.39, 0.29) is 0 Å². The summed E-state index contributed by atoms with van der Waals surface area (Å²) in [5.74, 6) is 0. The summed E-state index contributed by atoms with van der Waals surface area (Å²) < 4.78 is 0. The molecule has 0 unspecified atom stereocenters. The number of aromatic nitrogens is 1. The lowest BCUT2D eigenvalue weighted by molar-refractivity contribution is 0.943. The van der Waals surface area contributed by atoms with Crippen molar-refractivity contribution in [3.8, 4) is 0 Å². The van der Waals surface area contributed by atoms with Gasteiger partial charge in [0.05, 0.1) is 0 Å². The fourth-order valence-corrected chi connectivity index (χ4v) is 1.25. The Bertz CT molecular complexity index is 344. The molecule has 0 radical (unpaired) electrons. The fraction of sp³-hybridized carbons (Fsp3) is 0.375. The van der Waals surface area contributed by atoms with Crippen LogP contribution in [0.2, 0.25) is 5.15 Å². The number of nitrogens with zero attached hydrogens (tertiary/aromatic N) is 4. The second-order valence-corrected chi connectivity index (χ2v) is 2.97. The molecular weight excluding hydrogens is 188 g/mol. The molecular formula is C8H9ClN4. The highest BCUT2D eigenvalue weighted by Gasteiger charge is 2.00. The van der Waals surface area contributed by atoms with Crippen LogP contribution in [0, 0.1) is 6.92 Å². The maximum absolute atomic E-state index is 8.07. The molecule has 4 nitrogen and oxygen atoms in total. The molecule has 13 heavy (non-hydrogen) atoms. The summed E-state index contributed by atoms with van der Waals surface area (Å²) >= 11 is 5.86. The van der Waals surface area contributed by atoms with Gasteiger partial charge in [0.2, 0.25) is 0 Å². The van der Waals surface area contributed by atoms with E-state index in [0.717, 1.165) is 11.3 Å². The standard InChI is InChI=1S/C8H9ClN4/c1-6-2-3-7(8(9)12-6)4-5-11-13-10/h2-3H,4-5H2,1H3. The van der Waals surface area contributed by atoms with Gasteiger partial charge in [-0.15, -0.1) is 0 Å². The van der Waals surface area contributed by atoms with Crippen molar-refractivity contribution in [2.45, 2.75) is 13.3 Å². The van der Waals surface area contributed by atoms with E-state index in [9.17, 15) is 0 Å². The summed E-state index contributed by atoms with van der Waals surface area (Å²) in [6.07, 6.45) is 0.635. The van der Waals surface area contributed by atoms with Gasteiger partial charge in [0.1, 0.15) is 5.15 Å². The van der Waals surface area contributed by atoms with Gasteiger partial charge in [-0.2, -0.15) is 0 Å². The van der Waals surface area contributed by atoms with Crippen molar-refractivity contribution in [2.75, 3.05) is 6.54 Å². The molecule has 0 N–H and O–H groups in total. The number of hydrogen-bond donors (Lipinski definition) is 0. The molecule has 1 heterocycles. The molecule has 5 heteroatoms. The van der Waals surface area contributed by atoms with Crippen LogP contribution in [0.5, 0.6) is 0 Å². The summed E-state index contributed by atoms with van der Waals surface area (Å²) in [7, 11) is 0. The number of rotatable bonds is 3.